The molecule has 2 aromatic carbocycles. The number of nitrogens with zero attached hydrogens (tertiary/aromatic N) is 5. The molecule has 3 heterocycles. The fourth-order valence-corrected chi connectivity index (χ4v) is 3.61. The molecule has 0 saturated carbocycles. The average molecular weight is 424 g/mol. The van der Waals surface area contributed by atoms with E-state index >= 15 is 0 Å². The lowest BCUT2D eigenvalue weighted by atomic mass is 10.1. The molecular formula is C24H20N6O2. The van der Waals surface area contributed by atoms with Crippen LogP contribution in [-0.2, 0) is 6.54 Å². The highest BCUT2D eigenvalue weighted by Gasteiger charge is 2.19. The number of aromatic nitrogens is 5. The molecule has 8 nitrogen and oxygen atoms in total. The van der Waals surface area contributed by atoms with Gasteiger partial charge in [-0.15, -0.1) is 0 Å². The maximum Gasteiger partial charge on any atom is 0.256 e. The highest BCUT2D eigenvalue weighted by Crippen LogP contribution is 2.29. The van der Waals surface area contributed by atoms with Crippen LogP contribution in [0.1, 0.15) is 23.2 Å². The summed E-state index contributed by atoms with van der Waals surface area (Å²) in [6.45, 7) is 4.36. The van der Waals surface area contributed by atoms with E-state index in [0.29, 0.717) is 51.8 Å². The van der Waals surface area contributed by atoms with Crippen LogP contribution in [0.5, 0.6) is 0 Å². The monoisotopic (exact) mass is 424 g/mol. The summed E-state index contributed by atoms with van der Waals surface area (Å²) in [5, 5.41) is 12.1. The molecule has 0 spiro atoms. The van der Waals surface area contributed by atoms with Crippen LogP contribution < -0.4 is 5.32 Å². The molecule has 5 rings (SSSR count). The van der Waals surface area contributed by atoms with Crippen molar-refractivity contribution in [1.29, 1.82) is 0 Å². The lowest BCUT2D eigenvalue weighted by Crippen LogP contribution is -2.14. The number of carbonyl (C=O) groups excluding carboxylic acids is 1. The van der Waals surface area contributed by atoms with Gasteiger partial charge >= 0.3 is 0 Å². The normalized spacial score (nSPS) is 11.1. The first-order valence-corrected chi connectivity index (χ1v) is 10.3. The molecule has 0 unspecified atom stereocenters. The second-order valence-electron chi connectivity index (χ2n) is 7.26. The number of anilines is 1. The van der Waals surface area contributed by atoms with Gasteiger partial charge in [0.05, 0.1) is 28.5 Å². The Hall–Kier alpha value is -4.33. The first-order chi connectivity index (χ1) is 15.6. The second kappa shape index (κ2) is 8.07. The minimum Gasteiger partial charge on any atom is -0.339 e. The molecule has 0 aliphatic heterocycles. The lowest BCUT2D eigenvalue weighted by molar-refractivity contribution is 0.102. The predicted octanol–water partition coefficient (Wildman–Crippen LogP) is 4.73. The van der Waals surface area contributed by atoms with Gasteiger partial charge in [-0.05, 0) is 25.1 Å². The Kier molecular flexibility index (Phi) is 4.95. The van der Waals surface area contributed by atoms with Gasteiger partial charge in [-0.2, -0.15) is 10.1 Å². The van der Waals surface area contributed by atoms with Gasteiger partial charge in [0.1, 0.15) is 0 Å². The minimum absolute atomic E-state index is 0.266. The number of nitrogens with one attached hydrogen (secondary N) is 1. The fraction of sp³-hybridized carbons (Fsp3) is 0.125. The summed E-state index contributed by atoms with van der Waals surface area (Å²) in [4.78, 5) is 22.5. The van der Waals surface area contributed by atoms with E-state index < -0.39 is 0 Å². The molecule has 8 heteroatoms. The van der Waals surface area contributed by atoms with Crippen LogP contribution in [0.3, 0.4) is 0 Å². The molecule has 3 aromatic heterocycles. The number of benzene rings is 2. The number of carbonyl (C=O) groups is 1. The highest BCUT2D eigenvalue weighted by atomic mass is 16.5. The van der Waals surface area contributed by atoms with Crippen LogP contribution in [-0.4, -0.2) is 30.8 Å². The van der Waals surface area contributed by atoms with Crippen molar-refractivity contribution in [2.45, 2.75) is 20.4 Å². The number of hydrogen-bond donors (Lipinski definition) is 1. The number of aryl methyl sites for hydroxylation is 2. The van der Waals surface area contributed by atoms with Crippen molar-refractivity contribution in [2.24, 2.45) is 0 Å². The Morgan fingerprint density at radius 2 is 1.84 bits per heavy atom. The molecule has 0 aliphatic carbocycles. The summed E-state index contributed by atoms with van der Waals surface area (Å²) in [5.41, 5.74) is 4.06. The van der Waals surface area contributed by atoms with Crippen LogP contribution in [0.2, 0.25) is 0 Å². The first-order valence-electron chi connectivity index (χ1n) is 10.3. The SMILES string of the molecule is CCn1ncc2c(C(=O)Nc3ccccc3-c3noc(C)n3)cc(-c3ccccc3)nc21. The number of amides is 1. The van der Waals surface area contributed by atoms with Crippen LogP contribution in [0.4, 0.5) is 5.69 Å². The molecule has 0 radical (unpaired) electrons. The van der Waals surface area contributed by atoms with Crippen LogP contribution >= 0.6 is 0 Å². The number of rotatable bonds is 5. The third kappa shape index (κ3) is 3.51. The van der Waals surface area contributed by atoms with E-state index in [9.17, 15) is 4.79 Å². The van der Waals surface area contributed by atoms with Gasteiger partial charge in [0.2, 0.25) is 11.7 Å². The lowest BCUT2D eigenvalue weighted by Gasteiger charge is -2.11. The number of hydrogen-bond acceptors (Lipinski definition) is 6. The maximum atomic E-state index is 13.5. The first kappa shape index (κ1) is 19.6. The third-order valence-electron chi connectivity index (χ3n) is 5.17. The summed E-state index contributed by atoms with van der Waals surface area (Å²) in [6.07, 6.45) is 1.68. The molecule has 0 saturated heterocycles. The van der Waals surface area contributed by atoms with Gasteiger partial charge < -0.3 is 9.84 Å². The summed E-state index contributed by atoms with van der Waals surface area (Å²) in [7, 11) is 0. The van der Waals surface area contributed by atoms with Crippen molar-refractivity contribution in [2.75, 3.05) is 5.32 Å². The molecule has 5 aromatic rings. The Labute approximate surface area is 183 Å². The summed E-state index contributed by atoms with van der Waals surface area (Å²) in [6, 6.07) is 18.9. The Morgan fingerprint density at radius 1 is 1.06 bits per heavy atom. The van der Waals surface area contributed by atoms with Crippen molar-refractivity contribution in [3.05, 3.63) is 78.3 Å². The van der Waals surface area contributed by atoms with E-state index in [1.807, 2.05) is 61.5 Å². The van der Waals surface area contributed by atoms with E-state index in [1.165, 1.54) is 0 Å². The van der Waals surface area contributed by atoms with E-state index in [4.69, 9.17) is 9.51 Å². The highest BCUT2D eigenvalue weighted by molar-refractivity contribution is 6.13. The molecule has 1 N–H and O–H groups in total. The Balaban J connectivity index is 1.60. The van der Waals surface area contributed by atoms with Crippen molar-refractivity contribution >= 4 is 22.6 Å². The van der Waals surface area contributed by atoms with Gasteiger partial charge in [-0.3, -0.25) is 4.79 Å². The molecule has 0 bridgehead atoms. The van der Waals surface area contributed by atoms with Crippen molar-refractivity contribution in [3.63, 3.8) is 0 Å². The fourth-order valence-electron chi connectivity index (χ4n) is 3.61. The molecule has 0 aliphatic rings. The zero-order valence-corrected chi connectivity index (χ0v) is 17.6. The second-order valence-corrected chi connectivity index (χ2v) is 7.26. The van der Waals surface area contributed by atoms with Gasteiger partial charge in [0, 0.05) is 24.6 Å². The Bertz CT molecular complexity index is 1420. The quantitative estimate of drug-likeness (QED) is 0.438. The molecular weight excluding hydrogens is 404 g/mol. The largest absolute Gasteiger partial charge is 0.339 e. The molecule has 0 fully saturated rings. The summed E-state index contributed by atoms with van der Waals surface area (Å²) >= 11 is 0. The van der Waals surface area contributed by atoms with E-state index in [0.717, 1.165) is 5.56 Å². The van der Waals surface area contributed by atoms with E-state index in [-0.39, 0.29) is 5.91 Å². The van der Waals surface area contributed by atoms with Crippen molar-refractivity contribution in [3.8, 4) is 22.6 Å². The van der Waals surface area contributed by atoms with Gasteiger partial charge in [-0.25, -0.2) is 9.67 Å². The number of pyridine rings is 1. The summed E-state index contributed by atoms with van der Waals surface area (Å²) < 4.78 is 6.89. The standard InChI is InChI=1S/C24H20N6O2/c1-3-30-23-19(14-25-30)18(13-21(27-23)16-9-5-4-6-10-16)24(31)28-20-12-8-7-11-17(20)22-26-15(2)32-29-22/h4-14H,3H2,1-2H3,(H,28,31). The van der Waals surface area contributed by atoms with Crippen molar-refractivity contribution < 1.29 is 9.32 Å². The number of para-hydroxylation sites is 1. The van der Waals surface area contributed by atoms with Crippen molar-refractivity contribution in [1.82, 2.24) is 24.9 Å². The van der Waals surface area contributed by atoms with Gasteiger partial charge in [-0.1, -0.05) is 47.6 Å². The zero-order valence-electron chi connectivity index (χ0n) is 17.6. The third-order valence-corrected chi connectivity index (χ3v) is 5.17. The Morgan fingerprint density at radius 3 is 2.59 bits per heavy atom. The molecule has 0 atom stereocenters. The van der Waals surface area contributed by atoms with Crippen LogP contribution in [0, 0.1) is 6.92 Å². The van der Waals surface area contributed by atoms with Crippen LogP contribution in [0.15, 0.2) is 71.4 Å². The average Bonchev–Trinajstić information content (AvgIpc) is 3.45. The minimum atomic E-state index is -0.266. The van der Waals surface area contributed by atoms with E-state index in [2.05, 4.69) is 20.6 Å². The summed E-state index contributed by atoms with van der Waals surface area (Å²) in [5.74, 6) is 0.608. The molecule has 158 valence electrons. The zero-order chi connectivity index (χ0) is 22.1. The molecule has 32 heavy (non-hydrogen) atoms. The van der Waals surface area contributed by atoms with Gasteiger partial charge in [0.25, 0.3) is 5.91 Å². The smallest absolute Gasteiger partial charge is 0.256 e. The maximum absolute atomic E-state index is 13.5. The topological polar surface area (TPSA) is 98.7 Å². The predicted molar refractivity (Wildman–Crippen MR) is 121 cm³/mol. The van der Waals surface area contributed by atoms with Gasteiger partial charge in [0.15, 0.2) is 5.65 Å². The number of fused-ring (bicyclic) bond motifs is 1. The van der Waals surface area contributed by atoms with Crippen LogP contribution in [0.25, 0.3) is 33.7 Å². The molecule has 1 amide bonds. The van der Waals surface area contributed by atoms with E-state index in [1.54, 1.807) is 23.9 Å².